The molecule has 2 heterocycles. The Bertz CT molecular complexity index is 742. The Kier molecular flexibility index (Phi) is 4.99. The molecule has 0 bridgehead atoms. The highest BCUT2D eigenvalue weighted by molar-refractivity contribution is 7.09. The van der Waals surface area contributed by atoms with Gasteiger partial charge in [-0.3, -0.25) is 0 Å². The standard InChI is InChI=1S/C16H17N3O3S/c1-3-20-11(2)15-17-13(10-23-15)9-21-16-19-18-14(22-16)12-7-5-4-6-8-12/h4-8,10-11H,3,9H2,1-2H3/t11-/m0/s1. The number of aromatic nitrogens is 3. The fourth-order valence-electron chi connectivity index (χ4n) is 2.00. The minimum absolute atomic E-state index is 0.00756. The minimum atomic E-state index is -0.00756. The lowest BCUT2D eigenvalue weighted by Crippen LogP contribution is -2.00. The molecular formula is C16H17N3O3S. The third kappa shape index (κ3) is 3.94. The van der Waals surface area contributed by atoms with Crippen molar-refractivity contribution in [2.75, 3.05) is 6.61 Å². The van der Waals surface area contributed by atoms with Gasteiger partial charge in [-0.25, -0.2) is 4.98 Å². The van der Waals surface area contributed by atoms with E-state index in [2.05, 4.69) is 15.2 Å². The van der Waals surface area contributed by atoms with Gasteiger partial charge in [-0.2, -0.15) is 0 Å². The van der Waals surface area contributed by atoms with Crippen molar-refractivity contribution in [2.45, 2.75) is 26.6 Å². The van der Waals surface area contributed by atoms with Crippen molar-refractivity contribution in [3.63, 3.8) is 0 Å². The summed E-state index contributed by atoms with van der Waals surface area (Å²) in [6, 6.07) is 9.56. The smallest absolute Gasteiger partial charge is 0.415 e. The number of hydrogen-bond donors (Lipinski definition) is 0. The molecule has 3 aromatic rings. The van der Waals surface area contributed by atoms with E-state index < -0.39 is 0 Å². The van der Waals surface area contributed by atoms with Gasteiger partial charge in [-0.1, -0.05) is 23.3 Å². The van der Waals surface area contributed by atoms with Gasteiger partial charge >= 0.3 is 6.08 Å². The molecule has 3 rings (SSSR count). The van der Waals surface area contributed by atoms with Crippen LogP contribution in [0.2, 0.25) is 0 Å². The molecular weight excluding hydrogens is 314 g/mol. The summed E-state index contributed by atoms with van der Waals surface area (Å²) in [6.45, 7) is 4.90. The van der Waals surface area contributed by atoms with Crippen LogP contribution >= 0.6 is 11.3 Å². The summed E-state index contributed by atoms with van der Waals surface area (Å²) in [5.74, 6) is 0.435. The zero-order chi connectivity index (χ0) is 16.1. The molecule has 0 radical (unpaired) electrons. The fraction of sp³-hybridized carbons (Fsp3) is 0.312. The molecule has 0 amide bonds. The van der Waals surface area contributed by atoms with E-state index >= 15 is 0 Å². The fourth-order valence-corrected chi connectivity index (χ4v) is 2.81. The molecule has 1 atom stereocenters. The van der Waals surface area contributed by atoms with Crippen LogP contribution in [0, 0.1) is 0 Å². The van der Waals surface area contributed by atoms with Crippen molar-refractivity contribution < 1.29 is 13.9 Å². The SMILES string of the molecule is CCO[C@@H](C)c1nc(COc2nnc(-c3ccccc3)o2)cs1. The van der Waals surface area contributed by atoms with Crippen LogP contribution in [-0.4, -0.2) is 21.8 Å². The van der Waals surface area contributed by atoms with Crippen LogP contribution in [-0.2, 0) is 11.3 Å². The second-order valence-electron chi connectivity index (χ2n) is 4.80. The summed E-state index contributed by atoms with van der Waals surface area (Å²) in [4.78, 5) is 4.49. The van der Waals surface area contributed by atoms with Gasteiger partial charge in [-0.15, -0.1) is 16.4 Å². The Labute approximate surface area is 138 Å². The lowest BCUT2D eigenvalue weighted by atomic mass is 10.2. The number of hydrogen-bond acceptors (Lipinski definition) is 7. The second kappa shape index (κ2) is 7.34. The molecule has 0 fully saturated rings. The molecule has 7 heteroatoms. The summed E-state index contributed by atoms with van der Waals surface area (Å²) in [5, 5.41) is 10.7. The van der Waals surface area contributed by atoms with Crippen molar-refractivity contribution in [3.8, 4) is 17.5 Å². The normalized spacial score (nSPS) is 12.3. The summed E-state index contributed by atoms with van der Waals surface area (Å²) in [6.07, 6.45) is 0.128. The maximum atomic E-state index is 5.52. The predicted molar refractivity (Wildman–Crippen MR) is 86.2 cm³/mol. The molecule has 120 valence electrons. The van der Waals surface area contributed by atoms with Crippen LogP contribution in [0.25, 0.3) is 11.5 Å². The number of ether oxygens (including phenoxy) is 2. The molecule has 6 nitrogen and oxygen atoms in total. The van der Waals surface area contributed by atoms with E-state index in [1.807, 2.05) is 49.6 Å². The zero-order valence-corrected chi connectivity index (χ0v) is 13.7. The molecule has 0 unspecified atom stereocenters. The summed E-state index contributed by atoms with van der Waals surface area (Å²) >= 11 is 1.55. The Morgan fingerprint density at radius 3 is 2.83 bits per heavy atom. The van der Waals surface area contributed by atoms with E-state index in [4.69, 9.17) is 13.9 Å². The van der Waals surface area contributed by atoms with Gasteiger partial charge in [0.25, 0.3) is 5.89 Å². The van der Waals surface area contributed by atoms with E-state index in [1.54, 1.807) is 11.3 Å². The van der Waals surface area contributed by atoms with Crippen molar-refractivity contribution in [1.82, 2.24) is 15.2 Å². The number of nitrogens with zero attached hydrogens (tertiary/aromatic N) is 3. The third-order valence-electron chi connectivity index (χ3n) is 3.10. The maximum Gasteiger partial charge on any atom is 0.415 e. The van der Waals surface area contributed by atoms with E-state index in [9.17, 15) is 0 Å². The first-order chi connectivity index (χ1) is 11.3. The highest BCUT2D eigenvalue weighted by Crippen LogP contribution is 2.23. The van der Waals surface area contributed by atoms with Crippen LogP contribution < -0.4 is 4.74 Å². The Balaban J connectivity index is 1.60. The van der Waals surface area contributed by atoms with Crippen LogP contribution in [0.15, 0.2) is 40.1 Å². The van der Waals surface area contributed by atoms with Gasteiger partial charge in [0.05, 0.1) is 5.69 Å². The van der Waals surface area contributed by atoms with E-state index in [0.717, 1.165) is 16.3 Å². The molecule has 0 saturated heterocycles. The highest BCUT2D eigenvalue weighted by atomic mass is 32.1. The quantitative estimate of drug-likeness (QED) is 0.654. The molecule has 0 aliphatic heterocycles. The molecule has 0 spiro atoms. The summed E-state index contributed by atoms with van der Waals surface area (Å²) in [5.41, 5.74) is 1.67. The first-order valence-electron chi connectivity index (χ1n) is 7.34. The van der Waals surface area contributed by atoms with Gasteiger partial charge in [-0.05, 0) is 26.0 Å². The monoisotopic (exact) mass is 331 g/mol. The van der Waals surface area contributed by atoms with E-state index in [0.29, 0.717) is 12.5 Å². The molecule has 0 N–H and O–H groups in total. The molecule has 1 aromatic carbocycles. The van der Waals surface area contributed by atoms with Crippen LogP contribution in [0.5, 0.6) is 6.08 Å². The zero-order valence-electron chi connectivity index (χ0n) is 12.9. The number of thiazole rings is 1. The first kappa shape index (κ1) is 15.6. The Hall–Kier alpha value is -2.25. The van der Waals surface area contributed by atoms with E-state index in [-0.39, 0.29) is 18.8 Å². The Morgan fingerprint density at radius 2 is 2.04 bits per heavy atom. The first-order valence-corrected chi connectivity index (χ1v) is 8.22. The van der Waals surface area contributed by atoms with Gasteiger partial charge in [0.1, 0.15) is 17.7 Å². The molecule has 0 saturated carbocycles. The maximum absolute atomic E-state index is 5.52. The van der Waals surface area contributed by atoms with Gasteiger partial charge in [0, 0.05) is 17.6 Å². The summed E-state index contributed by atoms with van der Waals surface area (Å²) < 4.78 is 16.5. The largest absolute Gasteiger partial charge is 0.442 e. The summed E-state index contributed by atoms with van der Waals surface area (Å²) in [7, 11) is 0. The average molecular weight is 331 g/mol. The van der Waals surface area contributed by atoms with Crippen molar-refractivity contribution in [2.24, 2.45) is 0 Å². The topological polar surface area (TPSA) is 70.3 Å². The number of rotatable bonds is 7. The highest BCUT2D eigenvalue weighted by Gasteiger charge is 2.13. The average Bonchev–Trinajstić information content (AvgIpc) is 3.23. The third-order valence-corrected chi connectivity index (χ3v) is 4.16. The second-order valence-corrected chi connectivity index (χ2v) is 5.69. The van der Waals surface area contributed by atoms with Crippen LogP contribution in [0.1, 0.15) is 30.7 Å². The van der Waals surface area contributed by atoms with Gasteiger partial charge < -0.3 is 13.9 Å². The minimum Gasteiger partial charge on any atom is -0.442 e. The van der Waals surface area contributed by atoms with Crippen molar-refractivity contribution >= 4 is 11.3 Å². The Morgan fingerprint density at radius 1 is 1.22 bits per heavy atom. The van der Waals surface area contributed by atoms with E-state index in [1.165, 1.54) is 0 Å². The predicted octanol–water partition coefficient (Wildman–Crippen LogP) is 3.87. The lowest BCUT2D eigenvalue weighted by Gasteiger charge is -2.06. The van der Waals surface area contributed by atoms with Crippen molar-refractivity contribution in [1.29, 1.82) is 0 Å². The number of benzene rings is 1. The molecule has 2 aromatic heterocycles. The van der Waals surface area contributed by atoms with Gasteiger partial charge in [0.15, 0.2) is 0 Å². The van der Waals surface area contributed by atoms with Crippen LogP contribution in [0.3, 0.4) is 0 Å². The van der Waals surface area contributed by atoms with Crippen LogP contribution in [0.4, 0.5) is 0 Å². The lowest BCUT2D eigenvalue weighted by molar-refractivity contribution is 0.0759. The van der Waals surface area contributed by atoms with Gasteiger partial charge in [0.2, 0.25) is 0 Å². The molecule has 0 aliphatic carbocycles. The van der Waals surface area contributed by atoms with Crippen molar-refractivity contribution in [3.05, 3.63) is 46.4 Å². The molecule has 23 heavy (non-hydrogen) atoms. The molecule has 0 aliphatic rings.